The van der Waals surface area contributed by atoms with Crippen molar-refractivity contribution in [3.05, 3.63) is 54.1 Å². The minimum Gasteiger partial charge on any atom is -0.491 e. The van der Waals surface area contributed by atoms with Crippen molar-refractivity contribution >= 4 is 21.6 Å². The minimum absolute atomic E-state index is 0.166. The number of benzene rings is 2. The molecule has 146 valence electrons. The Hall–Kier alpha value is -2.42. The summed E-state index contributed by atoms with van der Waals surface area (Å²) in [6.07, 6.45) is 0. The van der Waals surface area contributed by atoms with Gasteiger partial charge in [-0.3, -0.25) is 4.79 Å². The molecule has 0 bridgehead atoms. The van der Waals surface area contributed by atoms with Gasteiger partial charge in [-0.25, -0.2) is 12.7 Å². The molecule has 2 aromatic rings. The van der Waals surface area contributed by atoms with Gasteiger partial charge in [-0.1, -0.05) is 0 Å². The first kappa shape index (κ1) is 20.9. The Morgan fingerprint density at radius 3 is 2.19 bits per heavy atom. The van der Waals surface area contributed by atoms with Gasteiger partial charge < -0.3 is 14.8 Å². The molecule has 0 fully saturated rings. The van der Waals surface area contributed by atoms with E-state index >= 15 is 0 Å². The highest BCUT2D eigenvalue weighted by molar-refractivity contribution is 7.89. The van der Waals surface area contributed by atoms with Crippen LogP contribution in [-0.2, 0) is 14.8 Å². The molecule has 2 rings (SSSR count). The second kappa shape index (κ2) is 9.50. The third kappa shape index (κ3) is 5.78. The molecule has 0 unspecified atom stereocenters. The SMILES string of the molecule is CCOCCOc1ccc(C(=O)Nc2ccc(S(=O)(=O)N(C)C)cc2)cc1. The molecule has 27 heavy (non-hydrogen) atoms. The standard InChI is InChI=1S/C19H24N2O5S/c1-4-25-13-14-26-17-9-5-15(6-10-17)19(22)20-16-7-11-18(12-8-16)27(23,24)21(2)3/h5-12H,4,13-14H2,1-3H3,(H,20,22). The maximum atomic E-state index is 12.3. The molecule has 0 heterocycles. The van der Waals surface area contributed by atoms with Crippen molar-refractivity contribution in [2.24, 2.45) is 0 Å². The molecule has 0 radical (unpaired) electrons. The lowest BCUT2D eigenvalue weighted by molar-refractivity contribution is 0.102. The Balaban J connectivity index is 1.97. The molecule has 0 atom stereocenters. The molecule has 0 aromatic heterocycles. The molecule has 0 saturated heterocycles. The number of anilines is 1. The molecule has 0 spiro atoms. The fraction of sp³-hybridized carbons (Fsp3) is 0.316. The highest BCUT2D eigenvalue weighted by Crippen LogP contribution is 2.18. The number of hydrogen-bond acceptors (Lipinski definition) is 5. The van der Waals surface area contributed by atoms with Crippen LogP contribution in [0.3, 0.4) is 0 Å². The van der Waals surface area contributed by atoms with Crippen molar-refractivity contribution in [3.63, 3.8) is 0 Å². The van der Waals surface area contributed by atoms with Crippen LogP contribution in [-0.4, -0.2) is 52.5 Å². The van der Waals surface area contributed by atoms with E-state index in [0.29, 0.717) is 36.8 Å². The number of ether oxygens (including phenoxy) is 2. The first-order valence-electron chi connectivity index (χ1n) is 8.49. The van der Waals surface area contributed by atoms with E-state index in [0.717, 1.165) is 4.31 Å². The van der Waals surface area contributed by atoms with Gasteiger partial charge in [0, 0.05) is 32.0 Å². The van der Waals surface area contributed by atoms with Gasteiger partial charge in [-0.05, 0) is 55.5 Å². The van der Waals surface area contributed by atoms with Crippen LogP contribution in [0.1, 0.15) is 17.3 Å². The van der Waals surface area contributed by atoms with Crippen LogP contribution in [0.4, 0.5) is 5.69 Å². The van der Waals surface area contributed by atoms with Crippen molar-refractivity contribution in [2.75, 3.05) is 39.2 Å². The van der Waals surface area contributed by atoms with Crippen LogP contribution in [0, 0.1) is 0 Å². The van der Waals surface area contributed by atoms with Crippen LogP contribution < -0.4 is 10.1 Å². The summed E-state index contributed by atoms with van der Waals surface area (Å²) in [5.41, 5.74) is 0.979. The molecule has 1 N–H and O–H groups in total. The second-order valence-corrected chi connectivity index (χ2v) is 7.99. The summed E-state index contributed by atoms with van der Waals surface area (Å²) in [5, 5.41) is 2.74. The van der Waals surface area contributed by atoms with Gasteiger partial charge in [0.25, 0.3) is 5.91 Å². The van der Waals surface area contributed by atoms with E-state index in [1.165, 1.54) is 26.2 Å². The van der Waals surface area contributed by atoms with Crippen LogP contribution >= 0.6 is 0 Å². The molecule has 0 aliphatic heterocycles. The quantitative estimate of drug-likeness (QED) is 0.663. The van der Waals surface area contributed by atoms with E-state index in [4.69, 9.17) is 9.47 Å². The van der Waals surface area contributed by atoms with Crippen LogP contribution in [0.15, 0.2) is 53.4 Å². The summed E-state index contributed by atoms with van der Waals surface area (Å²) in [4.78, 5) is 12.5. The Kier molecular flexibility index (Phi) is 7.35. The Morgan fingerprint density at radius 2 is 1.63 bits per heavy atom. The number of carbonyl (C=O) groups excluding carboxylic acids is 1. The first-order valence-corrected chi connectivity index (χ1v) is 9.93. The van der Waals surface area contributed by atoms with E-state index in [9.17, 15) is 13.2 Å². The van der Waals surface area contributed by atoms with Crippen LogP contribution in [0.25, 0.3) is 0 Å². The zero-order valence-electron chi connectivity index (χ0n) is 15.6. The first-order chi connectivity index (χ1) is 12.8. The van der Waals surface area contributed by atoms with Crippen molar-refractivity contribution in [2.45, 2.75) is 11.8 Å². The monoisotopic (exact) mass is 392 g/mol. The topological polar surface area (TPSA) is 84.9 Å². The third-order valence-electron chi connectivity index (χ3n) is 3.71. The molecule has 2 aromatic carbocycles. The van der Waals surface area contributed by atoms with Gasteiger partial charge in [0.15, 0.2) is 0 Å². The minimum atomic E-state index is -3.49. The van der Waals surface area contributed by atoms with Crippen LogP contribution in [0.5, 0.6) is 5.75 Å². The Bertz CT molecular complexity index is 847. The molecular formula is C19H24N2O5S. The zero-order chi connectivity index (χ0) is 19.9. The summed E-state index contributed by atoms with van der Waals surface area (Å²) in [6, 6.07) is 12.8. The number of hydrogen-bond donors (Lipinski definition) is 1. The van der Waals surface area contributed by atoms with Crippen molar-refractivity contribution in [1.82, 2.24) is 4.31 Å². The summed E-state index contributed by atoms with van der Waals surface area (Å²) in [6.45, 7) is 3.52. The van der Waals surface area contributed by atoms with E-state index in [1.807, 2.05) is 6.92 Å². The lowest BCUT2D eigenvalue weighted by atomic mass is 10.2. The van der Waals surface area contributed by atoms with Crippen LogP contribution in [0.2, 0.25) is 0 Å². The molecule has 0 saturated carbocycles. The summed E-state index contributed by atoms with van der Waals surface area (Å²) in [7, 11) is -0.558. The van der Waals surface area contributed by atoms with Gasteiger partial charge >= 0.3 is 0 Å². The Morgan fingerprint density at radius 1 is 1.00 bits per heavy atom. The molecular weight excluding hydrogens is 368 g/mol. The molecule has 0 aliphatic carbocycles. The van der Waals surface area contributed by atoms with E-state index in [2.05, 4.69) is 5.32 Å². The number of nitrogens with one attached hydrogen (secondary N) is 1. The number of rotatable bonds is 9. The second-order valence-electron chi connectivity index (χ2n) is 5.84. The average molecular weight is 392 g/mol. The maximum absolute atomic E-state index is 12.3. The average Bonchev–Trinajstić information content (AvgIpc) is 2.66. The normalized spacial score (nSPS) is 11.4. The smallest absolute Gasteiger partial charge is 0.255 e. The maximum Gasteiger partial charge on any atom is 0.255 e. The van der Waals surface area contributed by atoms with E-state index in [1.54, 1.807) is 36.4 Å². The summed E-state index contributed by atoms with van der Waals surface area (Å²) >= 11 is 0. The van der Waals surface area contributed by atoms with E-state index < -0.39 is 10.0 Å². The molecule has 8 heteroatoms. The predicted molar refractivity (Wildman–Crippen MR) is 104 cm³/mol. The predicted octanol–water partition coefficient (Wildman–Crippen LogP) is 2.60. The molecule has 0 aliphatic rings. The summed E-state index contributed by atoms with van der Waals surface area (Å²) in [5.74, 6) is 0.364. The highest BCUT2D eigenvalue weighted by atomic mass is 32.2. The lowest BCUT2D eigenvalue weighted by Crippen LogP contribution is -2.22. The van der Waals surface area contributed by atoms with Gasteiger partial charge in [-0.15, -0.1) is 0 Å². The fourth-order valence-corrected chi connectivity index (χ4v) is 3.09. The van der Waals surface area contributed by atoms with E-state index in [-0.39, 0.29) is 10.8 Å². The van der Waals surface area contributed by atoms with Gasteiger partial charge in [0.1, 0.15) is 12.4 Å². The van der Waals surface area contributed by atoms with Gasteiger partial charge in [-0.2, -0.15) is 0 Å². The number of carbonyl (C=O) groups is 1. The molecule has 7 nitrogen and oxygen atoms in total. The lowest BCUT2D eigenvalue weighted by Gasteiger charge is -2.12. The fourth-order valence-electron chi connectivity index (χ4n) is 2.19. The number of amides is 1. The Labute approximate surface area is 160 Å². The number of sulfonamides is 1. The van der Waals surface area contributed by atoms with Crippen molar-refractivity contribution in [3.8, 4) is 5.75 Å². The zero-order valence-corrected chi connectivity index (χ0v) is 16.5. The van der Waals surface area contributed by atoms with Crippen molar-refractivity contribution < 1.29 is 22.7 Å². The van der Waals surface area contributed by atoms with Crippen molar-refractivity contribution in [1.29, 1.82) is 0 Å². The highest BCUT2D eigenvalue weighted by Gasteiger charge is 2.16. The third-order valence-corrected chi connectivity index (χ3v) is 5.54. The summed E-state index contributed by atoms with van der Waals surface area (Å²) < 4.78 is 35.9. The van der Waals surface area contributed by atoms with Gasteiger partial charge in [0.2, 0.25) is 10.0 Å². The van der Waals surface area contributed by atoms with Gasteiger partial charge in [0.05, 0.1) is 11.5 Å². The molecule has 1 amide bonds. The number of nitrogens with zero attached hydrogens (tertiary/aromatic N) is 1. The largest absolute Gasteiger partial charge is 0.491 e.